The predicted octanol–water partition coefficient (Wildman–Crippen LogP) is 4.48. The summed E-state index contributed by atoms with van der Waals surface area (Å²) in [5, 5.41) is 36.1. The molecule has 1 aromatic carbocycles. The van der Waals surface area contributed by atoms with Crippen LogP contribution in [0.1, 0.15) is 91.7 Å². The van der Waals surface area contributed by atoms with Crippen molar-refractivity contribution in [3.8, 4) is 0 Å². The first-order valence-electron chi connectivity index (χ1n) is 21.6. The van der Waals surface area contributed by atoms with Crippen LogP contribution in [0, 0.1) is 17.7 Å². The van der Waals surface area contributed by atoms with E-state index in [1.165, 1.54) is 0 Å². The number of likely N-dealkylation sites (N-methyl/N-ethyl adjacent to an activating group) is 1. The second-order valence-electron chi connectivity index (χ2n) is 17.5. The summed E-state index contributed by atoms with van der Waals surface area (Å²) in [7, 11) is 3.43. The number of aryl methyl sites for hydroxylation is 1. The molecular formula is C43H74N12O6. The van der Waals surface area contributed by atoms with Gasteiger partial charge in [0.1, 0.15) is 17.0 Å². The summed E-state index contributed by atoms with van der Waals surface area (Å²) in [6.07, 6.45) is 4.14. The van der Waals surface area contributed by atoms with Crippen LogP contribution in [-0.2, 0) is 19.0 Å². The smallest absolute Gasteiger partial charge is 0.407 e. The number of hydrazone groups is 1. The number of carbonyl (C=O) groups excluding carboxylic acids is 3. The van der Waals surface area contributed by atoms with E-state index in [0.29, 0.717) is 116 Å². The van der Waals surface area contributed by atoms with Gasteiger partial charge in [0.2, 0.25) is 5.91 Å². The molecule has 2 aliphatic heterocycles. The fraction of sp³-hybridized carbons (Fsp3) is 0.698. The SMILES string of the molecule is CNC(=NC1CC=NN(CCOC)[C@@H]1C)C(=N)Nc1ccc(C(=N)N2CCN(C(=O)CCCN(CCCNC(=O)OC(C)(C)C)CCCNC(=O)OC(C)(C)C)CC2)c(C)c1. The van der Waals surface area contributed by atoms with Crippen molar-refractivity contribution in [1.82, 2.24) is 35.7 Å². The molecule has 0 spiro atoms. The van der Waals surface area contributed by atoms with E-state index in [0.717, 1.165) is 16.8 Å². The number of nitrogens with zero attached hydrogens (tertiary/aromatic N) is 6. The highest BCUT2D eigenvalue weighted by Gasteiger charge is 2.27. The number of ether oxygens (including phenoxy) is 3. The molecule has 2 atom stereocenters. The quantitative estimate of drug-likeness (QED) is 0.0689. The fourth-order valence-electron chi connectivity index (χ4n) is 6.91. The first-order chi connectivity index (χ1) is 28.8. The Hall–Kier alpha value is -4.97. The zero-order valence-corrected chi connectivity index (χ0v) is 38.4. The molecule has 3 amide bonds. The molecule has 0 bridgehead atoms. The predicted molar refractivity (Wildman–Crippen MR) is 242 cm³/mol. The van der Waals surface area contributed by atoms with Gasteiger partial charge in [0, 0.05) is 83.7 Å². The van der Waals surface area contributed by atoms with Crippen molar-refractivity contribution in [2.75, 3.05) is 91.5 Å². The van der Waals surface area contributed by atoms with Crippen molar-refractivity contribution in [2.24, 2.45) is 10.1 Å². The molecule has 18 heteroatoms. The standard InChI is InChI=1S/C43H74N12O6/c1-31-30-33(50-37(44)39(46-9)51-35-17-20-49-55(32(35)2)28-29-59-10)15-16-34(31)38(45)54-26-24-53(25-27-54)36(56)14-11-21-52(22-12-18-47-40(57)60-42(3,4)5)23-13-19-48-41(58)61-43(6,7)8/h15-16,20,30,32,35,45H,11-14,17-19,21-29H2,1-10H3,(H2,44,50)(H,46,51)(H,47,57)(H,48,58)/t32-,35?/m1/s1. The molecule has 2 aliphatic rings. The Bertz CT molecular complexity index is 1630. The highest BCUT2D eigenvalue weighted by molar-refractivity contribution is 6.43. The van der Waals surface area contributed by atoms with Crippen molar-refractivity contribution in [1.29, 1.82) is 10.8 Å². The van der Waals surface area contributed by atoms with E-state index in [-0.39, 0.29) is 23.8 Å². The van der Waals surface area contributed by atoms with E-state index in [4.69, 9.17) is 30.0 Å². The number of aliphatic imine (C=N–C) groups is 1. The molecule has 1 unspecified atom stereocenters. The van der Waals surface area contributed by atoms with Gasteiger partial charge < -0.3 is 50.2 Å². The van der Waals surface area contributed by atoms with Crippen LogP contribution < -0.4 is 21.3 Å². The van der Waals surface area contributed by atoms with E-state index in [1.807, 2.05) is 87.7 Å². The van der Waals surface area contributed by atoms with Gasteiger partial charge in [-0.15, -0.1) is 0 Å². The molecule has 6 N–H and O–H groups in total. The van der Waals surface area contributed by atoms with Crippen LogP contribution in [-0.4, -0.2) is 171 Å². The Morgan fingerprint density at radius 2 is 1.48 bits per heavy atom. The number of amidine groups is 3. The first kappa shape index (κ1) is 50.4. The Kier molecular flexibility index (Phi) is 20.2. The number of carbonyl (C=O) groups is 3. The highest BCUT2D eigenvalue weighted by atomic mass is 16.6. The molecular weight excluding hydrogens is 781 g/mol. The lowest BCUT2D eigenvalue weighted by atomic mass is 10.1. The maximum Gasteiger partial charge on any atom is 0.407 e. The molecule has 0 aliphatic carbocycles. The monoisotopic (exact) mass is 855 g/mol. The summed E-state index contributed by atoms with van der Waals surface area (Å²) in [6.45, 7) is 21.5. The van der Waals surface area contributed by atoms with Gasteiger partial charge in [0.25, 0.3) is 0 Å². The summed E-state index contributed by atoms with van der Waals surface area (Å²) in [6, 6.07) is 5.70. The van der Waals surface area contributed by atoms with E-state index in [2.05, 4.69) is 38.2 Å². The average molecular weight is 855 g/mol. The number of piperazine rings is 1. The normalized spacial score (nSPS) is 17.2. The lowest BCUT2D eigenvalue weighted by Crippen LogP contribution is -2.50. The Balaban J connectivity index is 1.48. The maximum atomic E-state index is 13.3. The molecule has 1 saturated heterocycles. The molecule has 3 rings (SSSR count). The largest absolute Gasteiger partial charge is 0.444 e. The first-order valence-corrected chi connectivity index (χ1v) is 21.6. The van der Waals surface area contributed by atoms with Crippen LogP contribution in [0.4, 0.5) is 15.3 Å². The Morgan fingerprint density at radius 3 is 2.02 bits per heavy atom. The van der Waals surface area contributed by atoms with Gasteiger partial charge in [0.15, 0.2) is 11.7 Å². The molecule has 0 saturated carbocycles. The number of benzene rings is 1. The van der Waals surface area contributed by atoms with Crippen LogP contribution in [0.5, 0.6) is 0 Å². The van der Waals surface area contributed by atoms with Gasteiger partial charge in [-0.25, -0.2) is 9.59 Å². The fourth-order valence-corrected chi connectivity index (χ4v) is 6.91. The van der Waals surface area contributed by atoms with Crippen molar-refractivity contribution in [3.05, 3.63) is 29.3 Å². The van der Waals surface area contributed by atoms with Gasteiger partial charge in [-0.05, 0) is 118 Å². The molecule has 2 heterocycles. The van der Waals surface area contributed by atoms with E-state index in [1.54, 1.807) is 14.2 Å². The van der Waals surface area contributed by atoms with Crippen molar-refractivity contribution >= 4 is 47.5 Å². The summed E-state index contributed by atoms with van der Waals surface area (Å²) in [5.41, 5.74) is 1.30. The van der Waals surface area contributed by atoms with Crippen molar-refractivity contribution in [3.63, 3.8) is 0 Å². The van der Waals surface area contributed by atoms with Crippen LogP contribution in [0.2, 0.25) is 0 Å². The maximum absolute atomic E-state index is 13.3. The molecule has 0 aromatic heterocycles. The minimum Gasteiger partial charge on any atom is -0.444 e. The molecule has 1 fully saturated rings. The lowest BCUT2D eigenvalue weighted by molar-refractivity contribution is -0.132. The van der Waals surface area contributed by atoms with E-state index >= 15 is 0 Å². The minimum absolute atomic E-state index is 0.0529. The topological polar surface area (TPSA) is 212 Å². The lowest BCUT2D eigenvalue weighted by Gasteiger charge is -2.36. The van der Waals surface area contributed by atoms with Crippen LogP contribution in [0.3, 0.4) is 0 Å². The number of alkyl carbamates (subject to hydrolysis) is 2. The van der Waals surface area contributed by atoms with Gasteiger partial charge in [-0.1, -0.05) is 0 Å². The van der Waals surface area contributed by atoms with Crippen molar-refractivity contribution < 1.29 is 28.6 Å². The summed E-state index contributed by atoms with van der Waals surface area (Å²) >= 11 is 0. The van der Waals surface area contributed by atoms with Gasteiger partial charge in [-0.3, -0.25) is 25.6 Å². The number of anilines is 1. The van der Waals surface area contributed by atoms with Crippen LogP contribution in [0.15, 0.2) is 28.3 Å². The van der Waals surface area contributed by atoms with Gasteiger partial charge in [-0.2, -0.15) is 5.10 Å². The van der Waals surface area contributed by atoms with Crippen LogP contribution >= 0.6 is 0 Å². The second kappa shape index (κ2) is 24.5. The summed E-state index contributed by atoms with van der Waals surface area (Å²) in [5.74, 6) is 1.11. The van der Waals surface area contributed by atoms with Crippen molar-refractivity contribution in [2.45, 2.75) is 111 Å². The number of rotatable bonds is 18. The van der Waals surface area contributed by atoms with E-state index < -0.39 is 23.4 Å². The molecule has 61 heavy (non-hydrogen) atoms. The summed E-state index contributed by atoms with van der Waals surface area (Å²) < 4.78 is 15.9. The minimum atomic E-state index is -0.567. The highest BCUT2D eigenvalue weighted by Crippen LogP contribution is 2.20. The second-order valence-corrected chi connectivity index (χ2v) is 17.5. The molecule has 0 radical (unpaired) electrons. The zero-order valence-electron chi connectivity index (χ0n) is 38.4. The molecule has 18 nitrogen and oxygen atoms in total. The van der Waals surface area contributed by atoms with Gasteiger partial charge in [0.05, 0.1) is 25.2 Å². The van der Waals surface area contributed by atoms with E-state index in [9.17, 15) is 14.4 Å². The zero-order chi connectivity index (χ0) is 45.2. The average Bonchev–Trinajstić information content (AvgIpc) is 3.18. The third kappa shape index (κ3) is 18.3. The number of methoxy groups -OCH3 is 1. The third-order valence-electron chi connectivity index (χ3n) is 10.1. The number of nitrogens with one attached hydrogen (secondary N) is 6. The molecule has 342 valence electrons. The Labute approximate surface area is 363 Å². The molecule has 1 aromatic rings. The number of amides is 3. The number of hydrogen-bond acceptors (Lipinski definition) is 12. The Morgan fingerprint density at radius 1 is 0.902 bits per heavy atom. The van der Waals surface area contributed by atoms with Gasteiger partial charge >= 0.3 is 12.2 Å². The number of hydrogen-bond donors (Lipinski definition) is 6. The van der Waals surface area contributed by atoms with Crippen LogP contribution in [0.25, 0.3) is 0 Å². The summed E-state index contributed by atoms with van der Waals surface area (Å²) in [4.78, 5) is 48.5. The third-order valence-corrected chi connectivity index (χ3v) is 10.1.